The number of hydrogen-bond donors (Lipinski definition) is 0. The van der Waals surface area contributed by atoms with Crippen molar-refractivity contribution >= 4 is 33.4 Å². The molecule has 25 heavy (non-hydrogen) atoms. The van der Waals surface area contributed by atoms with Crippen molar-refractivity contribution in [2.24, 2.45) is 0 Å². The zero-order valence-electron chi connectivity index (χ0n) is 14.2. The molecule has 1 aliphatic rings. The van der Waals surface area contributed by atoms with Gasteiger partial charge in [0.2, 0.25) is 10.0 Å². The molecule has 1 amide bonds. The first-order valence-corrected chi connectivity index (χ1v) is 10.4. The molecule has 0 aromatic heterocycles. The SMILES string of the molecule is CN(C)S(=O)(=O)c1ccc(C(=O)N2CCCSc3ccccc32)cc1. The number of hydrogen-bond acceptors (Lipinski definition) is 4. The number of anilines is 1. The molecule has 0 radical (unpaired) electrons. The van der Waals surface area contributed by atoms with Crippen LogP contribution in [0.2, 0.25) is 0 Å². The summed E-state index contributed by atoms with van der Waals surface area (Å²) in [6.45, 7) is 0.653. The summed E-state index contributed by atoms with van der Waals surface area (Å²) in [5.41, 5.74) is 1.40. The molecule has 7 heteroatoms. The van der Waals surface area contributed by atoms with E-state index in [0.717, 1.165) is 27.1 Å². The minimum atomic E-state index is -3.49. The van der Waals surface area contributed by atoms with E-state index < -0.39 is 10.0 Å². The fraction of sp³-hybridized carbons (Fsp3) is 0.278. The monoisotopic (exact) mass is 376 g/mol. The van der Waals surface area contributed by atoms with Crippen molar-refractivity contribution < 1.29 is 13.2 Å². The number of para-hydroxylation sites is 1. The third kappa shape index (κ3) is 3.58. The van der Waals surface area contributed by atoms with Gasteiger partial charge >= 0.3 is 0 Å². The van der Waals surface area contributed by atoms with E-state index in [1.807, 2.05) is 24.3 Å². The predicted octanol–water partition coefficient (Wildman–Crippen LogP) is 3.08. The number of carbonyl (C=O) groups excluding carboxylic acids is 1. The van der Waals surface area contributed by atoms with E-state index in [2.05, 4.69) is 0 Å². The Bertz CT molecular complexity index is 877. The molecule has 2 aromatic rings. The molecule has 0 unspecified atom stereocenters. The van der Waals surface area contributed by atoms with Crippen molar-refractivity contribution in [3.8, 4) is 0 Å². The Balaban J connectivity index is 1.91. The number of amides is 1. The second-order valence-electron chi connectivity index (χ2n) is 5.94. The molecular formula is C18H20N2O3S2. The Morgan fingerprint density at radius 1 is 1.08 bits per heavy atom. The largest absolute Gasteiger partial charge is 0.307 e. The van der Waals surface area contributed by atoms with Crippen LogP contribution in [0.1, 0.15) is 16.8 Å². The maximum Gasteiger partial charge on any atom is 0.258 e. The fourth-order valence-electron chi connectivity index (χ4n) is 2.67. The first kappa shape index (κ1) is 18.0. The van der Waals surface area contributed by atoms with E-state index in [0.29, 0.717) is 12.1 Å². The van der Waals surface area contributed by atoms with Crippen LogP contribution in [0.5, 0.6) is 0 Å². The van der Waals surface area contributed by atoms with E-state index in [1.165, 1.54) is 26.2 Å². The standard InChI is InChI=1S/C18H20N2O3S2/c1-19(2)25(22,23)15-10-8-14(9-11-15)18(21)20-12-5-13-24-17-7-4-3-6-16(17)20/h3-4,6-11H,5,12-13H2,1-2H3. The predicted molar refractivity (Wildman–Crippen MR) is 101 cm³/mol. The molecule has 1 heterocycles. The summed E-state index contributed by atoms with van der Waals surface area (Å²) in [6, 6.07) is 14.0. The van der Waals surface area contributed by atoms with Gasteiger partial charge in [-0.05, 0) is 48.6 Å². The van der Waals surface area contributed by atoms with Crippen LogP contribution < -0.4 is 4.90 Å². The minimum Gasteiger partial charge on any atom is -0.307 e. The van der Waals surface area contributed by atoms with E-state index in [-0.39, 0.29) is 10.8 Å². The number of thioether (sulfide) groups is 1. The van der Waals surface area contributed by atoms with Crippen LogP contribution >= 0.6 is 11.8 Å². The molecule has 1 aliphatic heterocycles. The van der Waals surface area contributed by atoms with E-state index in [1.54, 1.807) is 28.8 Å². The van der Waals surface area contributed by atoms with Gasteiger partial charge in [0.25, 0.3) is 5.91 Å². The van der Waals surface area contributed by atoms with Crippen molar-refractivity contribution in [3.05, 3.63) is 54.1 Å². The second-order valence-corrected chi connectivity index (χ2v) is 9.23. The van der Waals surface area contributed by atoms with Gasteiger partial charge in [-0.1, -0.05) is 12.1 Å². The molecule has 0 bridgehead atoms. The normalized spacial score (nSPS) is 14.9. The molecular weight excluding hydrogens is 356 g/mol. The summed E-state index contributed by atoms with van der Waals surface area (Å²) in [5, 5.41) is 0. The number of nitrogens with zero attached hydrogens (tertiary/aromatic N) is 2. The van der Waals surface area contributed by atoms with Gasteiger partial charge in [0.05, 0.1) is 10.6 Å². The van der Waals surface area contributed by atoms with Gasteiger partial charge in [-0.3, -0.25) is 4.79 Å². The van der Waals surface area contributed by atoms with Crippen LogP contribution in [-0.2, 0) is 10.0 Å². The summed E-state index contributed by atoms with van der Waals surface area (Å²) in [6.07, 6.45) is 0.915. The van der Waals surface area contributed by atoms with Crippen molar-refractivity contribution in [1.29, 1.82) is 0 Å². The number of fused-ring (bicyclic) bond motifs is 1. The van der Waals surface area contributed by atoms with Gasteiger partial charge in [-0.15, -0.1) is 11.8 Å². The smallest absolute Gasteiger partial charge is 0.258 e. The zero-order chi connectivity index (χ0) is 18.0. The summed E-state index contributed by atoms with van der Waals surface area (Å²) in [5.74, 6) is 0.865. The van der Waals surface area contributed by atoms with Crippen molar-refractivity contribution in [2.75, 3.05) is 31.3 Å². The first-order valence-electron chi connectivity index (χ1n) is 7.97. The maximum atomic E-state index is 13.0. The third-order valence-electron chi connectivity index (χ3n) is 4.06. The molecule has 5 nitrogen and oxygen atoms in total. The molecule has 0 spiro atoms. The Morgan fingerprint density at radius 3 is 2.44 bits per heavy atom. The summed E-state index contributed by atoms with van der Waals surface area (Å²) in [7, 11) is -0.521. The highest BCUT2D eigenvalue weighted by atomic mass is 32.2. The Kier molecular flexibility index (Phi) is 5.17. The number of sulfonamides is 1. The summed E-state index contributed by atoms with van der Waals surface area (Å²) >= 11 is 1.76. The fourth-order valence-corrected chi connectivity index (χ4v) is 4.57. The average molecular weight is 377 g/mol. The molecule has 2 aromatic carbocycles. The van der Waals surface area contributed by atoms with Crippen LogP contribution in [0.25, 0.3) is 0 Å². The molecule has 132 valence electrons. The molecule has 0 N–H and O–H groups in total. The lowest BCUT2D eigenvalue weighted by atomic mass is 10.1. The highest BCUT2D eigenvalue weighted by molar-refractivity contribution is 7.99. The third-order valence-corrected chi connectivity index (χ3v) is 7.04. The molecule has 3 rings (SSSR count). The minimum absolute atomic E-state index is 0.108. The van der Waals surface area contributed by atoms with Crippen LogP contribution in [0, 0.1) is 0 Å². The van der Waals surface area contributed by atoms with Gasteiger partial charge < -0.3 is 4.90 Å². The van der Waals surface area contributed by atoms with E-state index in [4.69, 9.17) is 0 Å². The van der Waals surface area contributed by atoms with Crippen LogP contribution in [-0.4, -0.2) is 45.0 Å². The quantitative estimate of drug-likeness (QED) is 0.826. The highest BCUT2D eigenvalue weighted by Crippen LogP contribution is 2.34. The van der Waals surface area contributed by atoms with Gasteiger partial charge in [-0.2, -0.15) is 0 Å². The Hall–Kier alpha value is -1.83. The molecule has 0 atom stereocenters. The van der Waals surface area contributed by atoms with E-state index in [9.17, 15) is 13.2 Å². The summed E-state index contributed by atoms with van der Waals surface area (Å²) < 4.78 is 25.5. The van der Waals surface area contributed by atoms with Crippen LogP contribution in [0.15, 0.2) is 58.3 Å². The zero-order valence-corrected chi connectivity index (χ0v) is 15.8. The van der Waals surface area contributed by atoms with E-state index >= 15 is 0 Å². The van der Waals surface area contributed by atoms with Gasteiger partial charge in [0.15, 0.2) is 0 Å². The number of benzene rings is 2. The Labute approximate surface area is 152 Å². The van der Waals surface area contributed by atoms with Crippen LogP contribution in [0.4, 0.5) is 5.69 Å². The molecule has 0 saturated heterocycles. The van der Waals surface area contributed by atoms with Crippen LogP contribution in [0.3, 0.4) is 0 Å². The topological polar surface area (TPSA) is 57.7 Å². The number of carbonyl (C=O) groups is 1. The van der Waals surface area contributed by atoms with Gasteiger partial charge in [0.1, 0.15) is 0 Å². The van der Waals surface area contributed by atoms with Crippen molar-refractivity contribution in [1.82, 2.24) is 4.31 Å². The molecule has 0 saturated carbocycles. The average Bonchev–Trinajstić information content (AvgIpc) is 2.83. The highest BCUT2D eigenvalue weighted by Gasteiger charge is 2.23. The lowest BCUT2D eigenvalue weighted by molar-refractivity contribution is 0.0986. The van der Waals surface area contributed by atoms with Crippen molar-refractivity contribution in [2.45, 2.75) is 16.2 Å². The lowest BCUT2D eigenvalue weighted by Crippen LogP contribution is -2.31. The van der Waals surface area contributed by atoms with Gasteiger partial charge in [-0.25, -0.2) is 12.7 Å². The van der Waals surface area contributed by atoms with Gasteiger partial charge in [0, 0.05) is 31.1 Å². The number of rotatable bonds is 3. The first-order chi connectivity index (χ1) is 11.9. The lowest BCUT2D eigenvalue weighted by Gasteiger charge is -2.22. The second kappa shape index (κ2) is 7.19. The molecule has 0 aliphatic carbocycles. The molecule has 0 fully saturated rings. The van der Waals surface area contributed by atoms with Crippen molar-refractivity contribution in [3.63, 3.8) is 0 Å². The maximum absolute atomic E-state index is 13.0. The Morgan fingerprint density at radius 2 is 1.76 bits per heavy atom. The summed E-state index contributed by atoms with van der Waals surface area (Å²) in [4.78, 5) is 16.0.